The van der Waals surface area contributed by atoms with Crippen LogP contribution in [0.2, 0.25) is 10.0 Å². The Balaban J connectivity index is 1.48. The van der Waals surface area contributed by atoms with Crippen molar-refractivity contribution in [2.45, 2.75) is 22.9 Å². The summed E-state index contributed by atoms with van der Waals surface area (Å²) in [7, 11) is 0. The van der Waals surface area contributed by atoms with E-state index in [-0.39, 0.29) is 23.4 Å². The standard InChI is InChI=1S/C28H19Cl2FN2O2S/c29-20-9-5-17(6-10-20)16-33-24-13-18(27(34)32-15-19-7-11-21(31)14-23(19)30)8-12-26(24)36-25-4-2-1-3-22(25)28(33)35/h1-14H,15-16H2,(H,32,34). The molecule has 0 radical (unpaired) electrons. The number of hydrogen-bond donors (Lipinski definition) is 1. The number of halogens is 3. The van der Waals surface area contributed by atoms with E-state index >= 15 is 0 Å². The van der Waals surface area contributed by atoms with Crippen LogP contribution in [0.3, 0.4) is 0 Å². The Hall–Kier alpha value is -3.32. The maximum atomic E-state index is 13.7. The molecule has 4 nitrogen and oxygen atoms in total. The third-order valence-electron chi connectivity index (χ3n) is 5.80. The first-order valence-electron chi connectivity index (χ1n) is 11.1. The average Bonchev–Trinajstić information content (AvgIpc) is 2.99. The molecular weight excluding hydrogens is 518 g/mol. The van der Waals surface area contributed by atoms with Gasteiger partial charge in [-0.05, 0) is 65.7 Å². The molecular formula is C28H19Cl2FN2O2S. The van der Waals surface area contributed by atoms with Crippen LogP contribution in [0.15, 0.2) is 94.7 Å². The number of nitrogens with zero attached hydrogens (tertiary/aromatic N) is 1. The number of carbonyl (C=O) groups is 2. The second-order valence-corrected chi connectivity index (χ2v) is 10.1. The van der Waals surface area contributed by atoms with Crippen LogP contribution in [0.4, 0.5) is 10.1 Å². The fourth-order valence-electron chi connectivity index (χ4n) is 3.93. The van der Waals surface area contributed by atoms with Crippen LogP contribution in [0.1, 0.15) is 31.8 Å². The highest BCUT2D eigenvalue weighted by Crippen LogP contribution is 2.42. The van der Waals surface area contributed by atoms with Gasteiger partial charge in [-0.25, -0.2) is 4.39 Å². The van der Waals surface area contributed by atoms with E-state index in [1.165, 1.54) is 30.0 Å². The zero-order chi connectivity index (χ0) is 25.2. The lowest BCUT2D eigenvalue weighted by molar-refractivity contribution is 0.0947. The van der Waals surface area contributed by atoms with Crippen LogP contribution < -0.4 is 10.2 Å². The van der Waals surface area contributed by atoms with Gasteiger partial charge in [0.15, 0.2) is 0 Å². The minimum absolute atomic E-state index is 0.142. The van der Waals surface area contributed by atoms with Gasteiger partial charge >= 0.3 is 0 Å². The summed E-state index contributed by atoms with van der Waals surface area (Å²) in [5.41, 5.74) is 3.15. The maximum absolute atomic E-state index is 13.7. The van der Waals surface area contributed by atoms with E-state index in [4.69, 9.17) is 23.2 Å². The van der Waals surface area contributed by atoms with Gasteiger partial charge < -0.3 is 10.2 Å². The zero-order valence-corrected chi connectivity index (χ0v) is 21.1. The molecule has 5 rings (SSSR count). The maximum Gasteiger partial charge on any atom is 0.259 e. The monoisotopic (exact) mass is 536 g/mol. The quantitative estimate of drug-likeness (QED) is 0.289. The van der Waals surface area contributed by atoms with Gasteiger partial charge in [0.2, 0.25) is 0 Å². The number of anilines is 1. The fourth-order valence-corrected chi connectivity index (χ4v) is 5.35. The third kappa shape index (κ3) is 5.12. The summed E-state index contributed by atoms with van der Waals surface area (Å²) < 4.78 is 13.3. The van der Waals surface area contributed by atoms with Crippen molar-refractivity contribution >= 4 is 52.5 Å². The largest absolute Gasteiger partial charge is 0.348 e. The SMILES string of the molecule is O=C(NCc1ccc(F)cc1Cl)c1ccc2c(c1)N(Cc1ccc(Cl)cc1)C(=O)c1ccccc1S2. The minimum Gasteiger partial charge on any atom is -0.348 e. The van der Waals surface area contributed by atoms with E-state index in [1.54, 1.807) is 29.2 Å². The average molecular weight is 537 g/mol. The smallest absolute Gasteiger partial charge is 0.259 e. The van der Waals surface area contributed by atoms with E-state index in [9.17, 15) is 14.0 Å². The molecule has 0 saturated heterocycles. The molecule has 8 heteroatoms. The first kappa shape index (κ1) is 24.4. The molecule has 1 N–H and O–H groups in total. The molecule has 36 heavy (non-hydrogen) atoms. The molecule has 0 saturated carbocycles. The van der Waals surface area contributed by atoms with Crippen LogP contribution in [-0.4, -0.2) is 11.8 Å². The number of hydrogen-bond acceptors (Lipinski definition) is 3. The van der Waals surface area contributed by atoms with Gasteiger partial charge in [-0.2, -0.15) is 0 Å². The predicted molar refractivity (Wildman–Crippen MR) is 142 cm³/mol. The molecule has 0 bridgehead atoms. The molecule has 0 unspecified atom stereocenters. The van der Waals surface area contributed by atoms with Crippen molar-refractivity contribution in [2.75, 3.05) is 4.90 Å². The zero-order valence-electron chi connectivity index (χ0n) is 18.8. The van der Waals surface area contributed by atoms with Crippen molar-refractivity contribution in [3.8, 4) is 0 Å². The van der Waals surface area contributed by atoms with Gasteiger partial charge in [-0.15, -0.1) is 0 Å². The topological polar surface area (TPSA) is 49.4 Å². The van der Waals surface area contributed by atoms with Gasteiger partial charge in [-0.3, -0.25) is 9.59 Å². The number of rotatable bonds is 5. The van der Waals surface area contributed by atoms with E-state index in [0.29, 0.717) is 33.9 Å². The molecule has 1 aliphatic heterocycles. The predicted octanol–water partition coefficient (Wildman–Crippen LogP) is 7.37. The minimum atomic E-state index is -0.440. The third-order valence-corrected chi connectivity index (χ3v) is 7.55. The number of carbonyl (C=O) groups excluding carboxylic acids is 2. The fraction of sp³-hybridized carbons (Fsp3) is 0.0714. The second-order valence-electron chi connectivity index (χ2n) is 8.22. The van der Waals surface area contributed by atoms with Crippen LogP contribution >= 0.6 is 35.0 Å². The van der Waals surface area contributed by atoms with Crippen molar-refractivity contribution in [3.63, 3.8) is 0 Å². The Bertz CT molecular complexity index is 1480. The van der Waals surface area contributed by atoms with Crippen molar-refractivity contribution in [1.82, 2.24) is 5.32 Å². The molecule has 0 aliphatic carbocycles. The van der Waals surface area contributed by atoms with Crippen molar-refractivity contribution in [1.29, 1.82) is 0 Å². The molecule has 0 aromatic heterocycles. The Morgan fingerprint density at radius 3 is 2.47 bits per heavy atom. The second kappa shape index (κ2) is 10.3. The number of amides is 2. The van der Waals surface area contributed by atoms with E-state index in [2.05, 4.69) is 5.32 Å². The first-order valence-corrected chi connectivity index (χ1v) is 12.7. The van der Waals surface area contributed by atoms with Gasteiger partial charge in [0.05, 0.1) is 17.8 Å². The molecule has 4 aromatic rings. The summed E-state index contributed by atoms with van der Waals surface area (Å²) in [5, 5.41) is 3.68. The van der Waals surface area contributed by atoms with Crippen LogP contribution in [0, 0.1) is 5.82 Å². The Kier molecular flexibility index (Phi) is 7.01. The normalized spacial score (nSPS) is 12.5. The van der Waals surface area contributed by atoms with Gasteiger partial charge in [0.25, 0.3) is 11.8 Å². The summed E-state index contributed by atoms with van der Waals surface area (Å²) in [4.78, 5) is 30.1. The van der Waals surface area contributed by atoms with Crippen molar-refractivity contribution in [3.05, 3.63) is 123 Å². The van der Waals surface area contributed by atoms with Crippen molar-refractivity contribution < 1.29 is 14.0 Å². The lowest BCUT2D eigenvalue weighted by Crippen LogP contribution is -2.31. The summed E-state index contributed by atoms with van der Waals surface area (Å²) in [6, 6.07) is 24.1. The Morgan fingerprint density at radius 1 is 0.917 bits per heavy atom. The van der Waals surface area contributed by atoms with Gasteiger partial charge in [0, 0.05) is 31.9 Å². The lowest BCUT2D eigenvalue weighted by Gasteiger charge is -2.24. The molecule has 1 heterocycles. The highest BCUT2D eigenvalue weighted by molar-refractivity contribution is 7.99. The molecule has 4 aromatic carbocycles. The molecule has 0 spiro atoms. The van der Waals surface area contributed by atoms with Crippen LogP contribution in [0.25, 0.3) is 0 Å². The van der Waals surface area contributed by atoms with Crippen LogP contribution in [0.5, 0.6) is 0 Å². The van der Waals surface area contributed by atoms with Gasteiger partial charge in [0.1, 0.15) is 5.82 Å². The van der Waals surface area contributed by atoms with E-state index < -0.39 is 5.82 Å². The molecule has 1 aliphatic rings. The summed E-state index contributed by atoms with van der Waals surface area (Å²) >= 11 is 13.6. The number of nitrogens with one attached hydrogen (secondary N) is 1. The van der Waals surface area contributed by atoms with Crippen LogP contribution in [-0.2, 0) is 13.1 Å². The molecule has 0 atom stereocenters. The highest BCUT2D eigenvalue weighted by Gasteiger charge is 2.28. The van der Waals surface area contributed by atoms with Crippen molar-refractivity contribution in [2.24, 2.45) is 0 Å². The summed E-state index contributed by atoms with van der Waals surface area (Å²) in [5.74, 6) is -0.920. The summed E-state index contributed by atoms with van der Waals surface area (Å²) in [6.45, 7) is 0.455. The Morgan fingerprint density at radius 2 is 1.69 bits per heavy atom. The highest BCUT2D eigenvalue weighted by atomic mass is 35.5. The Labute approximate surface area is 222 Å². The lowest BCUT2D eigenvalue weighted by atomic mass is 10.1. The molecule has 0 fully saturated rings. The van der Waals surface area contributed by atoms with Gasteiger partial charge in [-0.1, -0.05) is 65.3 Å². The number of fused-ring (bicyclic) bond motifs is 2. The molecule has 180 valence electrons. The number of benzene rings is 4. The summed E-state index contributed by atoms with van der Waals surface area (Å²) in [6.07, 6.45) is 0. The molecule has 2 amide bonds. The van der Waals surface area contributed by atoms with E-state index in [1.807, 2.05) is 42.5 Å². The van der Waals surface area contributed by atoms with E-state index in [0.717, 1.165) is 15.4 Å². The first-order chi connectivity index (χ1) is 17.4.